The van der Waals surface area contributed by atoms with Crippen LogP contribution in [0, 0.1) is 0 Å². The van der Waals surface area contributed by atoms with Gasteiger partial charge in [-0.05, 0) is 49.2 Å². The highest BCUT2D eigenvalue weighted by atomic mass is 19.4. The molecule has 2 aromatic heterocycles. The zero-order chi connectivity index (χ0) is 23.7. The molecule has 1 saturated heterocycles. The van der Waals surface area contributed by atoms with Crippen LogP contribution in [0.3, 0.4) is 0 Å². The molecule has 4 aromatic rings. The Labute approximate surface area is 195 Å². The summed E-state index contributed by atoms with van der Waals surface area (Å²) >= 11 is 0. The van der Waals surface area contributed by atoms with Gasteiger partial charge in [0.15, 0.2) is 0 Å². The Hall–Kier alpha value is -3.74. The molecule has 0 aliphatic carbocycles. The van der Waals surface area contributed by atoms with Gasteiger partial charge in [0.05, 0.1) is 22.3 Å². The fourth-order valence-electron chi connectivity index (χ4n) is 4.47. The number of piperidine rings is 1. The van der Waals surface area contributed by atoms with Crippen molar-refractivity contribution in [3.05, 3.63) is 95.8 Å². The molecule has 0 bridgehead atoms. The SMILES string of the molecule is O=C(c1cnc2ccccc2c1)N1CCCC(c2cccc(-c3cccc(C(F)(F)F)c3)n2)C1. The van der Waals surface area contributed by atoms with Crippen LogP contribution in [0.1, 0.15) is 40.4 Å². The molecule has 1 amide bonds. The minimum Gasteiger partial charge on any atom is -0.338 e. The topological polar surface area (TPSA) is 46.1 Å². The maximum atomic E-state index is 13.2. The highest BCUT2D eigenvalue weighted by Crippen LogP contribution is 2.33. The molecule has 34 heavy (non-hydrogen) atoms. The van der Waals surface area contributed by atoms with E-state index >= 15 is 0 Å². The summed E-state index contributed by atoms with van der Waals surface area (Å²) in [6.07, 6.45) is -1.11. The first-order chi connectivity index (χ1) is 16.4. The Balaban J connectivity index is 1.37. The summed E-state index contributed by atoms with van der Waals surface area (Å²) in [4.78, 5) is 24.1. The van der Waals surface area contributed by atoms with Crippen LogP contribution in [0.5, 0.6) is 0 Å². The summed E-state index contributed by atoms with van der Waals surface area (Å²) < 4.78 is 39.4. The molecule has 1 fully saturated rings. The smallest absolute Gasteiger partial charge is 0.338 e. The molecule has 0 radical (unpaired) electrons. The van der Waals surface area contributed by atoms with E-state index in [0.717, 1.165) is 41.6 Å². The molecule has 0 saturated carbocycles. The number of aromatic nitrogens is 2. The fraction of sp³-hybridized carbons (Fsp3) is 0.222. The molecule has 0 N–H and O–H groups in total. The molecule has 1 atom stereocenters. The lowest BCUT2D eigenvalue weighted by Gasteiger charge is -2.32. The molecule has 4 nitrogen and oxygen atoms in total. The molecule has 5 rings (SSSR count). The number of hydrogen-bond donors (Lipinski definition) is 0. The Morgan fingerprint density at radius 1 is 0.971 bits per heavy atom. The average Bonchev–Trinajstić information content (AvgIpc) is 2.88. The van der Waals surface area contributed by atoms with Crippen LogP contribution in [-0.4, -0.2) is 33.9 Å². The lowest BCUT2D eigenvalue weighted by molar-refractivity contribution is -0.137. The summed E-state index contributed by atoms with van der Waals surface area (Å²) in [6.45, 7) is 1.15. The Bertz CT molecular complexity index is 1350. The predicted octanol–water partition coefficient (Wildman–Crippen LogP) is 6.34. The summed E-state index contributed by atoms with van der Waals surface area (Å²) in [5.74, 6) is -0.0612. The van der Waals surface area contributed by atoms with E-state index in [1.54, 1.807) is 18.3 Å². The number of benzene rings is 2. The maximum Gasteiger partial charge on any atom is 0.416 e. The minimum absolute atomic E-state index is 0.0110. The van der Waals surface area contributed by atoms with E-state index in [-0.39, 0.29) is 11.8 Å². The first-order valence-corrected chi connectivity index (χ1v) is 11.2. The molecular weight excluding hydrogens is 439 g/mol. The number of nitrogens with zero attached hydrogens (tertiary/aromatic N) is 3. The number of rotatable bonds is 3. The van der Waals surface area contributed by atoms with Gasteiger partial charge in [0.1, 0.15) is 0 Å². The largest absolute Gasteiger partial charge is 0.416 e. The number of hydrogen-bond acceptors (Lipinski definition) is 3. The van der Waals surface area contributed by atoms with Gasteiger partial charge in [-0.15, -0.1) is 0 Å². The molecule has 2 aromatic carbocycles. The van der Waals surface area contributed by atoms with Crippen LogP contribution in [0.2, 0.25) is 0 Å². The number of carbonyl (C=O) groups is 1. The third-order valence-electron chi connectivity index (χ3n) is 6.22. The molecule has 3 heterocycles. The zero-order valence-corrected chi connectivity index (χ0v) is 18.3. The van der Waals surface area contributed by atoms with Gasteiger partial charge in [-0.1, -0.05) is 36.4 Å². The Morgan fingerprint density at radius 2 is 1.79 bits per heavy atom. The number of pyridine rings is 2. The lowest BCUT2D eigenvalue weighted by atomic mass is 9.93. The molecule has 1 unspecified atom stereocenters. The maximum absolute atomic E-state index is 13.2. The molecular formula is C27H22F3N3O. The normalized spacial score (nSPS) is 16.6. The van der Waals surface area contributed by atoms with Crippen LogP contribution >= 0.6 is 0 Å². The number of para-hydroxylation sites is 1. The predicted molar refractivity (Wildman–Crippen MR) is 124 cm³/mol. The van der Waals surface area contributed by atoms with Gasteiger partial charge in [-0.3, -0.25) is 14.8 Å². The van der Waals surface area contributed by atoms with E-state index in [4.69, 9.17) is 0 Å². The van der Waals surface area contributed by atoms with Crippen molar-refractivity contribution >= 4 is 16.8 Å². The van der Waals surface area contributed by atoms with Gasteiger partial charge in [0.2, 0.25) is 0 Å². The van der Waals surface area contributed by atoms with Crippen molar-refractivity contribution in [3.63, 3.8) is 0 Å². The second-order valence-corrected chi connectivity index (χ2v) is 8.53. The fourth-order valence-corrected chi connectivity index (χ4v) is 4.47. The van der Waals surface area contributed by atoms with Gasteiger partial charge in [-0.2, -0.15) is 13.2 Å². The Morgan fingerprint density at radius 3 is 2.65 bits per heavy atom. The third kappa shape index (κ3) is 4.51. The molecule has 1 aliphatic rings. The highest BCUT2D eigenvalue weighted by Gasteiger charge is 2.31. The quantitative estimate of drug-likeness (QED) is 0.358. The van der Waals surface area contributed by atoms with Crippen LogP contribution in [-0.2, 0) is 6.18 Å². The highest BCUT2D eigenvalue weighted by molar-refractivity contribution is 5.97. The van der Waals surface area contributed by atoms with Crippen molar-refractivity contribution in [2.24, 2.45) is 0 Å². The molecule has 0 spiro atoms. The van der Waals surface area contributed by atoms with Gasteiger partial charge in [-0.25, -0.2) is 0 Å². The van der Waals surface area contributed by atoms with Crippen molar-refractivity contribution in [1.29, 1.82) is 0 Å². The van der Waals surface area contributed by atoms with Gasteiger partial charge in [0.25, 0.3) is 5.91 Å². The monoisotopic (exact) mass is 461 g/mol. The van der Waals surface area contributed by atoms with E-state index in [1.807, 2.05) is 47.4 Å². The number of fused-ring (bicyclic) bond motifs is 1. The lowest BCUT2D eigenvalue weighted by Crippen LogP contribution is -2.39. The summed E-state index contributed by atoms with van der Waals surface area (Å²) in [6, 6.07) is 20.1. The molecule has 7 heteroatoms. The number of likely N-dealkylation sites (tertiary alicyclic amines) is 1. The van der Waals surface area contributed by atoms with Crippen LogP contribution < -0.4 is 0 Å². The second-order valence-electron chi connectivity index (χ2n) is 8.53. The van der Waals surface area contributed by atoms with Gasteiger partial charge in [0, 0.05) is 41.8 Å². The van der Waals surface area contributed by atoms with Crippen molar-refractivity contribution in [2.75, 3.05) is 13.1 Å². The van der Waals surface area contributed by atoms with Crippen molar-refractivity contribution in [1.82, 2.24) is 14.9 Å². The van der Waals surface area contributed by atoms with Gasteiger partial charge >= 0.3 is 6.18 Å². The van der Waals surface area contributed by atoms with Crippen LogP contribution in [0.4, 0.5) is 13.2 Å². The van der Waals surface area contributed by atoms with E-state index in [1.165, 1.54) is 6.07 Å². The van der Waals surface area contributed by atoms with Crippen molar-refractivity contribution in [3.8, 4) is 11.3 Å². The Kier molecular flexibility index (Phi) is 5.77. The van der Waals surface area contributed by atoms with Crippen molar-refractivity contribution in [2.45, 2.75) is 24.9 Å². The standard InChI is InChI=1S/C27H22F3N3O/c28-27(29,30)22-9-3-7-19(15-22)24-11-4-12-25(32-24)20-8-5-13-33(17-20)26(34)21-14-18-6-1-2-10-23(18)31-16-21/h1-4,6-7,9-12,14-16,20H,5,8,13,17H2. The number of halogens is 3. The number of amides is 1. The molecule has 1 aliphatic heterocycles. The van der Waals surface area contributed by atoms with Crippen LogP contribution in [0.15, 0.2) is 79.0 Å². The first-order valence-electron chi connectivity index (χ1n) is 11.2. The second kappa shape index (κ2) is 8.89. The minimum atomic E-state index is -4.41. The van der Waals surface area contributed by atoms with Gasteiger partial charge < -0.3 is 4.90 Å². The number of alkyl halides is 3. The average molecular weight is 461 g/mol. The first kappa shape index (κ1) is 22.1. The molecule has 172 valence electrons. The zero-order valence-electron chi connectivity index (χ0n) is 18.3. The van der Waals surface area contributed by atoms with Crippen LogP contribution in [0.25, 0.3) is 22.2 Å². The van der Waals surface area contributed by atoms with E-state index in [0.29, 0.717) is 29.9 Å². The van der Waals surface area contributed by atoms with Crippen molar-refractivity contribution < 1.29 is 18.0 Å². The van der Waals surface area contributed by atoms with E-state index in [9.17, 15) is 18.0 Å². The summed E-state index contributed by atoms with van der Waals surface area (Å²) in [5, 5.41) is 0.914. The summed E-state index contributed by atoms with van der Waals surface area (Å²) in [5.41, 5.74) is 2.38. The van der Waals surface area contributed by atoms with E-state index in [2.05, 4.69) is 9.97 Å². The number of carbonyl (C=O) groups excluding carboxylic acids is 1. The summed E-state index contributed by atoms with van der Waals surface area (Å²) in [7, 11) is 0. The van der Waals surface area contributed by atoms with E-state index < -0.39 is 11.7 Å². The third-order valence-corrected chi connectivity index (χ3v) is 6.22.